The van der Waals surface area contributed by atoms with Gasteiger partial charge in [-0.3, -0.25) is 0 Å². The van der Waals surface area contributed by atoms with E-state index in [1.165, 1.54) is 19.3 Å². The van der Waals surface area contributed by atoms with Crippen LogP contribution in [0.3, 0.4) is 0 Å². The van der Waals surface area contributed by atoms with Gasteiger partial charge in [0.2, 0.25) is 0 Å². The Kier molecular flexibility index (Phi) is 1.57. The zero-order valence-electron chi connectivity index (χ0n) is 5.74. The topological polar surface area (TPSA) is 12.5 Å². The highest BCUT2D eigenvalue weighted by molar-refractivity contribution is 4.85. The van der Waals surface area contributed by atoms with Gasteiger partial charge in [-0.05, 0) is 13.3 Å². The van der Waals surface area contributed by atoms with Gasteiger partial charge in [0, 0.05) is 0 Å². The monoisotopic (exact) mass is 114 g/mol. The van der Waals surface area contributed by atoms with E-state index in [1.54, 1.807) is 0 Å². The third-order valence-electron chi connectivity index (χ3n) is 1.70. The minimum atomic E-state index is 0.302. The van der Waals surface area contributed by atoms with Crippen LogP contribution >= 0.6 is 0 Å². The minimum Gasteiger partial charge on any atom is -0.370 e. The fourth-order valence-corrected chi connectivity index (χ4v) is 0.818. The fourth-order valence-electron chi connectivity index (χ4n) is 0.818. The Morgan fingerprint density at radius 3 is 2.62 bits per heavy atom. The number of rotatable bonds is 3. The summed E-state index contributed by atoms with van der Waals surface area (Å²) in [4.78, 5) is 0. The molecule has 1 aliphatic rings. The van der Waals surface area contributed by atoms with Gasteiger partial charge in [0.1, 0.15) is 0 Å². The Balaban J connectivity index is 2.01. The second-order valence-corrected chi connectivity index (χ2v) is 2.84. The molecule has 0 aliphatic carbocycles. The highest BCUT2D eigenvalue weighted by atomic mass is 16.6. The first kappa shape index (κ1) is 6.09. The molecule has 0 radical (unpaired) electrons. The van der Waals surface area contributed by atoms with Crippen molar-refractivity contribution in [2.75, 3.05) is 6.61 Å². The lowest BCUT2D eigenvalue weighted by molar-refractivity contribution is 0.303. The summed E-state index contributed by atoms with van der Waals surface area (Å²) < 4.78 is 5.20. The molecule has 1 aliphatic heterocycles. The minimum absolute atomic E-state index is 0.302. The van der Waals surface area contributed by atoms with Crippen molar-refractivity contribution in [3.8, 4) is 0 Å². The SMILES string of the molecule is CCCCC1(C)CO1. The molecule has 0 N–H and O–H groups in total. The van der Waals surface area contributed by atoms with Gasteiger partial charge in [-0.15, -0.1) is 0 Å². The molecule has 1 nitrogen and oxygen atoms in total. The highest BCUT2D eigenvalue weighted by Gasteiger charge is 2.37. The standard InChI is InChI=1S/C7H14O/c1-3-4-5-7(2)6-8-7/h3-6H2,1-2H3. The Bertz CT molecular complexity index is 74.5. The molecule has 0 aromatic heterocycles. The van der Waals surface area contributed by atoms with Gasteiger partial charge in [-0.25, -0.2) is 0 Å². The molecule has 1 fully saturated rings. The summed E-state index contributed by atoms with van der Waals surface area (Å²) in [6.07, 6.45) is 3.86. The highest BCUT2D eigenvalue weighted by Crippen LogP contribution is 2.31. The normalized spacial score (nSPS) is 35.2. The molecular formula is C7H14O. The van der Waals surface area contributed by atoms with Crippen molar-refractivity contribution in [1.82, 2.24) is 0 Å². The van der Waals surface area contributed by atoms with Crippen LogP contribution in [-0.4, -0.2) is 12.2 Å². The predicted molar refractivity (Wildman–Crippen MR) is 33.9 cm³/mol. The molecule has 1 saturated heterocycles. The van der Waals surface area contributed by atoms with Crippen molar-refractivity contribution < 1.29 is 4.74 Å². The van der Waals surface area contributed by atoms with Crippen molar-refractivity contribution in [1.29, 1.82) is 0 Å². The van der Waals surface area contributed by atoms with E-state index in [0.29, 0.717) is 5.60 Å². The molecule has 0 spiro atoms. The first-order chi connectivity index (χ1) is 3.77. The molecule has 1 heteroatoms. The summed E-state index contributed by atoms with van der Waals surface area (Å²) in [5, 5.41) is 0. The lowest BCUT2D eigenvalue weighted by Crippen LogP contribution is -2.02. The van der Waals surface area contributed by atoms with E-state index in [2.05, 4.69) is 13.8 Å². The maximum absolute atomic E-state index is 5.20. The van der Waals surface area contributed by atoms with Crippen LogP contribution in [0.2, 0.25) is 0 Å². The van der Waals surface area contributed by atoms with Crippen LogP contribution < -0.4 is 0 Å². The Morgan fingerprint density at radius 1 is 1.62 bits per heavy atom. The Morgan fingerprint density at radius 2 is 2.25 bits per heavy atom. The first-order valence-corrected chi connectivity index (χ1v) is 3.41. The number of unbranched alkanes of at least 4 members (excludes halogenated alkanes) is 1. The lowest BCUT2D eigenvalue weighted by Gasteiger charge is -1.99. The molecular weight excluding hydrogens is 100 g/mol. The van der Waals surface area contributed by atoms with Crippen LogP contribution in [0.15, 0.2) is 0 Å². The summed E-state index contributed by atoms with van der Waals surface area (Å²) in [5.74, 6) is 0. The maximum Gasteiger partial charge on any atom is 0.0888 e. The van der Waals surface area contributed by atoms with Crippen LogP contribution in [0, 0.1) is 0 Å². The van der Waals surface area contributed by atoms with Crippen LogP contribution in [0.25, 0.3) is 0 Å². The molecule has 0 amide bonds. The summed E-state index contributed by atoms with van der Waals surface area (Å²) in [6.45, 7) is 5.39. The zero-order valence-corrected chi connectivity index (χ0v) is 5.74. The maximum atomic E-state index is 5.20. The van der Waals surface area contributed by atoms with Crippen LogP contribution in [0.1, 0.15) is 33.1 Å². The van der Waals surface area contributed by atoms with E-state index in [9.17, 15) is 0 Å². The molecule has 1 atom stereocenters. The van der Waals surface area contributed by atoms with Gasteiger partial charge in [-0.2, -0.15) is 0 Å². The third-order valence-corrected chi connectivity index (χ3v) is 1.70. The van der Waals surface area contributed by atoms with E-state index in [0.717, 1.165) is 6.61 Å². The summed E-state index contributed by atoms with van der Waals surface area (Å²) in [5.41, 5.74) is 0.302. The summed E-state index contributed by atoms with van der Waals surface area (Å²) in [7, 11) is 0. The van der Waals surface area contributed by atoms with Gasteiger partial charge in [0.25, 0.3) is 0 Å². The predicted octanol–water partition coefficient (Wildman–Crippen LogP) is 1.97. The van der Waals surface area contributed by atoms with Crippen LogP contribution in [0.4, 0.5) is 0 Å². The van der Waals surface area contributed by atoms with Gasteiger partial charge < -0.3 is 4.74 Å². The summed E-state index contributed by atoms with van der Waals surface area (Å²) in [6, 6.07) is 0. The van der Waals surface area contributed by atoms with E-state index < -0.39 is 0 Å². The van der Waals surface area contributed by atoms with Crippen molar-refractivity contribution in [2.45, 2.75) is 38.7 Å². The number of epoxide rings is 1. The summed E-state index contributed by atoms with van der Waals surface area (Å²) >= 11 is 0. The van der Waals surface area contributed by atoms with Crippen molar-refractivity contribution in [3.05, 3.63) is 0 Å². The van der Waals surface area contributed by atoms with E-state index in [1.807, 2.05) is 0 Å². The van der Waals surface area contributed by atoms with Gasteiger partial charge >= 0.3 is 0 Å². The average Bonchev–Trinajstić information content (AvgIpc) is 2.45. The quantitative estimate of drug-likeness (QED) is 0.511. The third kappa shape index (κ3) is 1.48. The van der Waals surface area contributed by atoms with Crippen molar-refractivity contribution in [2.24, 2.45) is 0 Å². The molecule has 1 rings (SSSR count). The van der Waals surface area contributed by atoms with Crippen LogP contribution in [0.5, 0.6) is 0 Å². The van der Waals surface area contributed by atoms with Gasteiger partial charge in [0.05, 0.1) is 12.2 Å². The smallest absolute Gasteiger partial charge is 0.0888 e. The second kappa shape index (κ2) is 2.06. The van der Waals surface area contributed by atoms with E-state index in [-0.39, 0.29) is 0 Å². The lowest BCUT2D eigenvalue weighted by atomic mass is 10.1. The van der Waals surface area contributed by atoms with E-state index in [4.69, 9.17) is 4.74 Å². The largest absolute Gasteiger partial charge is 0.370 e. The first-order valence-electron chi connectivity index (χ1n) is 3.41. The fraction of sp³-hybridized carbons (Fsp3) is 1.00. The van der Waals surface area contributed by atoms with Crippen molar-refractivity contribution >= 4 is 0 Å². The Hall–Kier alpha value is -0.0400. The zero-order chi connectivity index (χ0) is 6.04. The molecule has 0 aromatic carbocycles. The van der Waals surface area contributed by atoms with E-state index >= 15 is 0 Å². The molecule has 8 heavy (non-hydrogen) atoms. The number of hydrogen-bond donors (Lipinski definition) is 0. The number of hydrogen-bond acceptors (Lipinski definition) is 1. The molecule has 48 valence electrons. The average molecular weight is 114 g/mol. The van der Waals surface area contributed by atoms with Crippen molar-refractivity contribution in [3.63, 3.8) is 0 Å². The number of ether oxygens (including phenoxy) is 1. The van der Waals surface area contributed by atoms with Gasteiger partial charge in [0.15, 0.2) is 0 Å². The Labute approximate surface area is 51.0 Å². The molecule has 0 aromatic rings. The van der Waals surface area contributed by atoms with Gasteiger partial charge in [-0.1, -0.05) is 19.8 Å². The molecule has 1 unspecified atom stereocenters. The molecule has 0 saturated carbocycles. The molecule has 0 bridgehead atoms. The van der Waals surface area contributed by atoms with Crippen LogP contribution in [-0.2, 0) is 4.74 Å². The second-order valence-electron chi connectivity index (χ2n) is 2.84. The molecule has 1 heterocycles.